The van der Waals surface area contributed by atoms with Crippen LogP contribution in [0.2, 0.25) is 0 Å². The zero-order valence-electron chi connectivity index (χ0n) is 13.5. The largest absolute Gasteiger partial charge is 0.467 e. The molecule has 0 aromatic rings. The van der Waals surface area contributed by atoms with Crippen molar-refractivity contribution in [2.75, 3.05) is 65.1 Å². The molecule has 0 saturated carbocycles. The average Bonchev–Trinajstić information content (AvgIpc) is 2.60. The minimum atomic E-state index is -0.738. The molecule has 2 rings (SSSR count). The monoisotopic (exact) mass is 345 g/mol. The van der Waals surface area contributed by atoms with Crippen LogP contribution >= 0.6 is 11.8 Å². The zero-order chi connectivity index (χ0) is 16.8. The van der Waals surface area contributed by atoms with Crippen molar-refractivity contribution in [2.45, 2.75) is 6.04 Å². The molecular weight excluding hydrogens is 322 g/mol. The summed E-state index contributed by atoms with van der Waals surface area (Å²) in [6, 6.07) is -0.849. The maximum Gasteiger partial charge on any atom is 0.330 e. The predicted molar refractivity (Wildman–Crippen MR) is 85.3 cm³/mol. The highest BCUT2D eigenvalue weighted by Gasteiger charge is 2.38. The quantitative estimate of drug-likeness (QED) is 0.641. The molecule has 0 spiro atoms. The van der Waals surface area contributed by atoms with Crippen LogP contribution in [0.5, 0.6) is 0 Å². The highest BCUT2D eigenvalue weighted by atomic mass is 32.2. The summed E-state index contributed by atoms with van der Waals surface area (Å²) in [5.41, 5.74) is 0. The Balaban J connectivity index is 2.04. The number of rotatable bonds is 3. The predicted octanol–water partition coefficient (Wildman–Crippen LogP) is -0.513. The van der Waals surface area contributed by atoms with Gasteiger partial charge in [-0.05, 0) is 6.26 Å². The van der Waals surface area contributed by atoms with Crippen molar-refractivity contribution in [2.24, 2.45) is 0 Å². The van der Waals surface area contributed by atoms with E-state index in [1.165, 1.54) is 23.8 Å². The first-order valence-corrected chi connectivity index (χ1v) is 8.95. The maximum atomic E-state index is 12.5. The van der Waals surface area contributed by atoms with E-state index in [2.05, 4.69) is 0 Å². The van der Waals surface area contributed by atoms with Crippen LogP contribution in [0, 0.1) is 0 Å². The van der Waals surface area contributed by atoms with E-state index in [9.17, 15) is 14.4 Å². The molecule has 2 aliphatic rings. The van der Waals surface area contributed by atoms with E-state index in [-0.39, 0.29) is 18.5 Å². The van der Waals surface area contributed by atoms with E-state index in [4.69, 9.17) is 9.47 Å². The van der Waals surface area contributed by atoms with Crippen LogP contribution in [0.3, 0.4) is 0 Å². The number of urea groups is 1. The molecule has 0 radical (unpaired) electrons. The summed E-state index contributed by atoms with van der Waals surface area (Å²) in [6.45, 7) is 3.08. The number of hydrogen-bond donors (Lipinski definition) is 0. The summed E-state index contributed by atoms with van der Waals surface area (Å²) in [4.78, 5) is 41.6. The number of ether oxygens (including phenoxy) is 2. The Morgan fingerprint density at radius 3 is 2.43 bits per heavy atom. The van der Waals surface area contributed by atoms with Crippen LogP contribution in [0.25, 0.3) is 0 Å². The molecule has 0 unspecified atom stereocenters. The molecule has 0 bridgehead atoms. The van der Waals surface area contributed by atoms with E-state index in [0.29, 0.717) is 45.1 Å². The van der Waals surface area contributed by atoms with Gasteiger partial charge in [0.15, 0.2) is 0 Å². The Bertz CT molecular complexity index is 456. The second kappa shape index (κ2) is 8.39. The highest BCUT2D eigenvalue weighted by molar-refractivity contribution is 7.99. The fourth-order valence-corrected chi connectivity index (χ4v) is 3.17. The van der Waals surface area contributed by atoms with Crippen molar-refractivity contribution in [1.29, 1.82) is 0 Å². The molecule has 9 heteroatoms. The lowest BCUT2D eigenvalue weighted by Crippen LogP contribution is -2.62. The molecule has 130 valence electrons. The summed E-state index contributed by atoms with van der Waals surface area (Å²) < 4.78 is 10.1. The molecule has 2 aliphatic heterocycles. The van der Waals surface area contributed by atoms with Crippen LogP contribution in [0.1, 0.15) is 0 Å². The van der Waals surface area contributed by atoms with Gasteiger partial charge in [-0.25, -0.2) is 9.59 Å². The summed E-state index contributed by atoms with van der Waals surface area (Å²) in [7, 11) is 1.29. The Kier molecular flexibility index (Phi) is 6.52. The number of morpholine rings is 1. The van der Waals surface area contributed by atoms with Crippen molar-refractivity contribution in [1.82, 2.24) is 14.7 Å². The van der Waals surface area contributed by atoms with Gasteiger partial charge in [0.1, 0.15) is 6.04 Å². The lowest BCUT2D eigenvalue weighted by Gasteiger charge is -2.42. The van der Waals surface area contributed by atoms with Gasteiger partial charge in [-0.1, -0.05) is 0 Å². The normalized spacial score (nSPS) is 22.0. The van der Waals surface area contributed by atoms with Gasteiger partial charge in [0, 0.05) is 26.2 Å². The van der Waals surface area contributed by atoms with E-state index < -0.39 is 12.0 Å². The molecule has 8 nitrogen and oxygen atoms in total. The van der Waals surface area contributed by atoms with Crippen LogP contribution in [0.4, 0.5) is 4.79 Å². The number of nitrogens with zero attached hydrogens (tertiary/aromatic N) is 3. The lowest BCUT2D eigenvalue weighted by atomic mass is 10.1. The molecule has 0 aliphatic carbocycles. The Morgan fingerprint density at radius 2 is 1.83 bits per heavy atom. The van der Waals surface area contributed by atoms with Crippen LogP contribution in [0.15, 0.2) is 0 Å². The smallest absolute Gasteiger partial charge is 0.330 e. The molecule has 0 aromatic carbocycles. The minimum Gasteiger partial charge on any atom is -0.467 e. The maximum absolute atomic E-state index is 12.5. The molecule has 2 fully saturated rings. The van der Waals surface area contributed by atoms with E-state index in [1.54, 1.807) is 9.80 Å². The number of piperazine rings is 1. The Hall–Kier alpha value is -1.48. The number of carbonyl (C=O) groups excluding carboxylic acids is 3. The van der Waals surface area contributed by atoms with Gasteiger partial charge in [0.05, 0.1) is 32.6 Å². The molecular formula is C14H23N3O5S. The third-order valence-corrected chi connectivity index (χ3v) is 4.53. The van der Waals surface area contributed by atoms with Crippen LogP contribution in [-0.4, -0.2) is 104 Å². The summed E-state index contributed by atoms with van der Waals surface area (Å²) in [5.74, 6) is -0.282. The fraction of sp³-hybridized carbons (Fsp3) is 0.786. The average molecular weight is 345 g/mol. The minimum absolute atomic E-state index is 0.105. The Labute approximate surface area is 140 Å². The number of thioether (sulfide) groups is 1. The van der Waals surface area contributed by atoms with Gasteiger partial charge in [-0.3, -0.25) is 4.79 Å². The summed E-state index contributed by atoms with van der Waals surface area (Å²) in [6.07, 6.45) is 1.84. The number of methoxy groups -OCH3 is 1. The van der Waals surface area contributed by atoms with Gasteiger partial charge in [0.25, 0.3) is 0 Å². The number of hydrogen-bond acceptors (Lipinski definition) is 6. The molecule has 0 N–H and O–H groups in total. The first-order valence-electron chi connectivity index (χ1n) is 7.56. The van der Waals surface area contributed by atoms with Crippen molar-refractivity contribution in [3.05, 3.63) is 0 Å². The lowest BCUT2D eigenvalue weighted by molar-refractivity contribution is -0.154. The molecule has 2 saturated heterocycles. The number of carbonyl (C=O) groups is 3. The molecule has 3 amide bonds. The second-order valence-electron chi connectivity index (χ2n) is 5.39. The number of amides is 3. The second-order valence-corrected chi connectivity index (χ2v) is 6.25. The van der Waals surface area contributed by atoms with E-state index in [1.807, 2.05) is 6.26 Å². The van der Waals surface area contributed by atoms with Crippen molar-refractivity contribution >= 4 is 29.7 Å². The van der Waals surface area contributed by atoms with Gasteiger partial charge >= 0.3 is 12.0 Å². The van der Waals surface area contributed by atoms with Crippen LogP contribution in [-0.2, 0) is 19.1 Å². The van der Waals surface area contributed by atoms with Gasteiger partial charge < -0.3 is 24.2 Å². The molecule has 2 heterocycles. The first kappa shape index (κ1) is 17.9. The van der Waals surface area contributed by atoms with Gasteiger partial charge in [-0.15, -0.1) is 0 Å². The molecule has 23 heavy (non-hydrogen) atoms. The third kappa shape index (κ3) is 4.29. The Morgan fingerprint density at radius 1 is 1.13 bits per heavy atom. The molecule has 1 atom stereocenters. The van der Waals surface area contributed by atoms with Crippen LogP contribution < -0.4 is 0 Å². The topological polar surface area (TPSA) is 79.4 Å². The SMILES string of the molecule is COC(=O)[C@H]1CN(C(=O)N2CCOCC2)CCN1C(=O)CSC. The van der Waals surface area contributed by atoms with Gasteiger partial charge in [-0.2, -0.15) is 11.8 Å². The zero-order valence-corrected chi connectivity index (χ0v) is 14.3. The standard InChI is InChI=1S/C14H23N3O5S/c1-21-13(19)11-9-16(3-4-17(11)12(18)10-23-2)14(20)15-5-7-22-8-6-15/h11H,3-10H2,1-2H3/t11-/m1/s1. The molecule has 0 aromatic heterocycles. The third-order valence-electron chi connectivity index (χ3n) is 3.99. The highest BCUT2D eigenvalue weighted by Crippen LogP contribution is 2.15. The number of esters is 1. The van der Waals surface area contributed by atoms with E-state index in [0.717, 1.165) is 0 Å². The van der Waals surface area contributed by atoms with Crippen molar-refractivity contribution in [3.8, 4) is 0 Å². The first-order chi connectivity index (χ1) is 11.1. The van der Waals surface area contributed by atoms with Crippen molar-refractivity contribution < 1.29 is 23.9 Å². The van der Waals surface area contributed by atoms with E-state index >= 15 is 0 Å². The summed E-state index contributed by atoms with van der Waals surface area (Å²) >= 11 is 1.41. The fourth-order valence-electron chi connectivity index (χ4n) is 2.75. The van der Waals surface area contributed by atoms with Crippen molar-refractivity contribution in [3.63, 3.8) is 0 Å². The summed E-state index contributed by atoms with van der Waals surface area (Å²) in [5, 5.41) is 0. The van der Waals surface area contributed by atoms with Gasteiger partial charge in [0.2, 0.25) is 5.91 Å².